The van der Waals surface area contributed by atoms with Crippen molar-refractivity contribution in [3.05, 3.63) is 0 Å². The van der Waals surface area contributed by atoms with Gasteiger partial charge in [-0.25, -0.2) is 4.79 Å². The van der Waals surface area contributed by atoms with Crippen LogP contribution >= 0.6 is 0 Å². The molecule has 0 aromatic heterocycles. The van der Waals surface area contributed by atoms with E-state index in [0.29, 0.717) is 13.1 Å². The lowest BCUT2D eigenvalue weighted by molar-refractivity contribution is -0.141. The van der Waals surface area contributed by atoms with Crippen molar-refractivity contribution in [1.29, 1.82) is 0 Å². The molecule has 114 valence electrons. The summed E-state index contributed by atoms with van der Waals surface area (Å²) in [6.07, 6.45) is -0.475. The number of hydrogen-bond acceptors (Lipinski definition) is 4. The summed E-state index contributed by atoms with van der Waals surface area (Å²) in [5.74, 6) is -1.40. The highest BCUT2D eigenvalue weighted by atomic mass is 16.4. The minimum Gasteiger partial charge on any atom is -0.481 e. The smallest absolute Gasteiger partial charge is 0.318 e. The number of carboxylic acid groups (broad SMARTS) is 1. The summed E-state index contributed by atoms with van der Waals surface area (Å²) in [4.78, 5) is 35.7. The van der Waals surface area contributed by atoms with Crippen LogP contribution in [0.2, 0.25) is 0 Å². The van der Waals surface area contributed by atoms with Gasteiger partial charge in [0.1, 0.15) is 5.54 Å². The van der Waals surface area contributed by atoms with E-state index in [-0.39, 0.29) is 12.5 Å². The van der Waals surface area contributed by atoms with E-state index in [4.69, 9.17) is 5.11 Å². The number of urea groups is 1. The number of nitrogens with one attached hydrogen (secondary N) is 2. The van der Waals surface area contributed by atoms with Gasteiger partial charge in [0.2, 0.25) is 5.91 Å². The highest BCUT2D eigenvalue weighted by Crippen LogP contribution is 2.18. The largest absolute Gasteiger partial charge is 0.481 e. The second kappa shape index (κ2) is 5.66. The molecule has 0 spiro atoms. The first-order valence-corrected chi connectivity index (χ1v) is 6.34. The predicted octanol–water partition coefficient (Wildman–Crippen LogP) is -0.868. The van der Waals surface area contributed by atoms with Gasteiger partial charge in [-0.05, 0) is 20.8 Å². The molecule has 0 saturated carbocycles. The Labute approximate surface area is 117 Å². The molecule has 0 bridgehead atoms. The standard InChI is InChI=1S/C12H21N3O5/c1-11(2)9(18)13-4-5-15(11)10(19)14-7-12(3,20)6-8(16)17/h20H,4-7H2,1-3H3,(H,13,18)(H,14,19)(H,16,17). The molecule has 20 heavy (non-hydrogen) atoms. The average molecular weight is 287 g/mol. The topological polar surface area (TPSA) is 119 Å². The molecule has 1 atom stereocenters. The number of hydrogen-bond donors (Lipinski definition) is 4. The minimum absolute atomic E-state index is 0.202. The third-order valence-corrected chi connectivity index (χ3v) is 3.25. The van der Waals surface area contributed by atoms with Crippen LogP contribution in [0.4, 0.5) is 4.79 Å². The molecular weight excluding hydrogens is 266 g/mol. The van der Waals surface area contributed by atoms with Crippen LogP contribution in [0.15, 0.2) is 0 Å². The fourth-order valence-electron chi connectivity index (χ4n) is 2.00. The quantitative estimate of drug-likeness (QED) is 0.536. The molecule has 4 N–H and O–H groups in total. The molecule has 8 nitrogen and oxygen atoms in total. The van der Waals surface area contributed by atoms with Crippen LogP contribution in [0.5, 0.6) is 0 Å². The molecule has 1 aliphatic rings. The number of rotatable bonds is 4. The number of carboxylic acids is 1. The Morgan fingerprint density at radius 3 is 2.65 bits per heavy atom. The zero-order valence-electron chi connectivity index (χ0n) is 11.9. The van der Waals surface area contributed by atoms with Crippen molar-refractivity contribution in [3.63, 3.8) is 0 Å². The molecule has 1 rings (SSSR count). The van der Waals surface area contributed by atoms with E-state index in [1.807, 2.05) is 0 Å². The summed E-state index contributed by atoms with van der Waals surface area (Å²) in [5.41, 5.74) is -2.52. The number of carbonyl (C=O) groups is 3. The van der Waals surface area contributed by atoms with Gasteiger partial charge >= 0.3 is 12.0 Å². The van der Waals surface area contributed by atoms with E-state index in [0.717, 1.165) is 0 Å². The van der Waals surface area contributed by atoms with Gasteiger partial charge in [-0.2, -0.15) is 0 Å². The summed E-state index contributed by atoms with van der Waals surface area (Å²) in [6, 6.07) is -0.504. The molecule has 0 radical (unpaired) electrons. The van der Waals surface area contributed by atoms with Crippen LogP contribution < -0.4 is 10.6 Å². The van der Waals surface area contributed by atoms with Crippen molar-refractivity contribution in [2.45, 2.75) is 38.3 Å². The maximum atomic E-state index is 12.1. The molecule has 1 heterocycles. The van der Waals surface area contributed by atoms with Crippen LogP contribution in [0.25, 0.3) is 0 Å². The second-order valence-electron chi connectivity index (χ2n) is 5.69. The molecule has 0 aromatic rings. The van der Waals surface area contributed by atoms with Gasteiger partial charge in [-0.3, -0.25) is 9.59 Å². The van der Waals surface area contributed by atoms with E-state index in [1.165, 1.54) is 11.8 Å². The second-order valence-corrected chi connectivity index (χ2v) is 5.69. The molecule has 1 saturated heterocycles. The van der Waals surface area contributed by atoms with E-state index >= 15 is 0 Å². The van der Waals surface area contributed by atoms with Gasteiger partial charge < -0.3 is 25.7 Å². The number of aliphatic hydroxyl groups is 1. The Bertz CT molecular complexity index is 419. The highest BCUT2D eigenvalue weighted by Gasteiger charge is 2.40. The van der Waals surface area contributed by atoms with E-state index < -0.39 is 29.6 Å². The van der Waals surface area contributed by atoms with Crippen LogP contribution in [0.1, 0.15) is 27.2 Å². The summed E-state index contributed by atoms with van der Waals surface area (Å²) < 4.78 is 0. The number of amides is 3. The fraction of sp³-hybridized carbons (Fsp3) is 0.750. The highest BCUT2D eigenvalue weighted by molar-refractivity contribution is 5.91. The molecule has 1 unspecified atom stereocenters. The molecule has 0 aromatic carbocycles. The average Bonchev–Trinajstić information content (AvgIpc) is 2.28. The minimum atomic E-state index is -1.54. The maximum Gasteiger partial charge on any atom is 0.318 e. The molecular formula is C12H21N3O5. The first-order chi connectivity index (χ1) is 9.06. The SMILES string of the molecule is CC(O)(CNC(=O)N1CCNC(=O)C1(C)C)CC(=O)O. The van der Waals surface area contributed by atoms with Crippen molar-refractivity contribution in [1.82, 2.24) is 15.5 Å². The zero-order chi connectivity index (χ0) is 15.6. The van der Waals surface area contributed by atoms with Gasteiger partial charge in [-0.15, -0.1) is 0 Å². The normalized spacial score (nSPS) is 20.8. The predicted molar refractivity (Wildman–Crippen MR) is 70.1 cm³/mol. The first-order valence-electron chi connectivity index (χ1n) is 6.34. The maximum absolute atomic E-state index is 12.1. The zero-order valence-corrected chi connectivity index (χ0v) is 11.9. The Morgan fingerprint density at radius 2 is 2.10 bits per heavy atom. The third-order valence-electron chi connectivity index (χ3n) is 3.25. The first kappa shape index (κ1) is 16.2. The molecule has 1 fully saturated rings. The Balaban J connectivity index is 2.62. The van der Waals surface area contributed by atoms with E-state index in [9.17, 15) is 19.5 Å². The van der Waals surface area contributed by atoms with Gasteiger partial charge in [0, 0.05) is 19.6 Å². The van der Waals surface area contributed by atoms with Gasteiger partial charge in [0.15, 0.2) is 0 Å². The van der Waals surface area contributed by atoms with Crippen LogP contribution in [-0.4, -0.2) is 63.8 Å². The van der Waals surface area contributed by atoms with Crippen molar-refractivity contribution in [2.75, 3.05) is 19.6 Å². The van der Waals surface area contributed by atoms with Gasteiger partial charge in [-0.1, -0.05) is 0 Å². The van der Waals surface area contributed by atoms with Crippen LogP contribution in [0, 0.1) is 0 Å². The fourth-order valence-corrected chi connectivity index (χ4v) is 2.00. The summed E-state index contributed by atoms with van der Waals surface area (Å²) in [7, 11) is 0. The van der Waals surface area contributed by atoms with Crippen molar-refractivity contribution < 1.29 is 24.6 Å². The number of piperazine rings is 1. The summed E-state index contributed by atoms with van der Waals surface area (Å²) in [5, 5.41) is 23.6. The lowest BCUT2D eigenvalue weighted by Gasteiger charge is -2.41. The van der Waals surface area contributed by atoms with Gasteiger partial charge in [0.05, 0.1) is 12.0 Å². The lowest BCUT2D eigenvalue weighted by Crippen LogP contribution is -2.65. The lowest BCUT2D eigenvalue weighted by atomic mass is 9.99. The molecule has 3 amide bonds. The molecule has 0 aliphatic carbocycles. The van der Waals surface area contributed by atoms with Gasteiger partial charge in [0.25, 0.3) is 0 Å². The number of carbonyl (C=O) groups excluding carboxylic acids is 2. The Morgan fingerprint density at radius 1 is 1.50 bits per heavy atom. The number of nitrogens with zero attached hydrogens (tertiary/aromatic N) is 1. The van der Waals surface area contributed by atoms with E-state index in [2.05, 4.69) is 10.6 Å². The Hall–Kier alpha value is -1.83. The molecule has 1 aliphatic heterocycles. The number of aliphatic carboxylic acids is 1. The third kappa shape index (κ3) is 3.83. The molecule has 8 heteroatoms. The van der Waals surface area contributed by atoms with E-state index in [1.54, 1.807) is 13.8 Å². The van der Waals surface area contributed by atoms with Crippen LogP contribution in [0.3, 0.4) is 0 Å². The summed E-state index contributed by atoms with van der Waals surface area (Å²) >= 11 is 0. The van der Waals surface area contributed by atoms with Crippen molar-refractivity contribution in [3.8, 4) is 0 Å². The monoisotopic (exact) mass is 287 g/mol. The Kier molecular flexibility index (Phi) is 4.59. The van der Waals surface area contributed by atoms with Crippen molar-refractivity contribution in [2.24, 2.45) is 0 Å². The van der Waals surface area contributed by atoms with Crippen LogP contribution in [-0.2, 0) is 9.59 Å². The van der Waals surface area contributed by atoms with Crippen molar-refractivity contribution >= 4 is 17.9 Å². The summed E-state index contributed by atoms with van der Waals surface area (Å²) in [6.45, 7) is 5.08.